The van der Waals surface area contributed by atoms with E-state index >= 15 is 0 Å². The van der Waals surface area contributed by atoms with E-state index in [0.29, 0.717) is 11.3 Å². The molecule has 0 saturated heterocycles. The molecule has 1 fully saturated rings. The molecule has 3 aliphatic rings. The molecule has 0 radical (unpaired) electrons. The summed E-state index contributed by atoms with van der Waals surface area (Å²) in [5.41, 5.74) is 3.50. The van der Waals surface area contributed by atoms with Gasteiger partial charge in [0.25, 0.3) is 0 Å². The van der Waals surface area contributed by atoms with Crippen LogP contribution in [0.3, 0.4) is 0 Å². The molecule has 4 rings (SSSR count). The maximum absolute atomic E-state index is 13.6. The number of nitrogen functional groups attached to an aromatic ring is 1. The van der Waals surface area contributed by atoms with Crippen molar-refractivity contribution in [3.05, 3.63) is 40.2 Å². The second kappa shape index (κ2) is 6.66. The van der Waals surface area contributed by atoms with Gasteiger partial charge in [-0.1, -0.05) is 0 Å². The largest absolute Gasteiger partial charge is 0.508 e. The zero-order valence-electron chi connectivity index (χ0n) is 17.3. The third kappa shape index (κ3) is 2.60. The van der Waals surface area contributed by atoms with Crippen molar-refractivity contribution < 1.29 is 34.8 Å². The van der Waals surface area contributed by atoms with Crippen LogP contribution in [0.15, 0.2) is 29.0 Å². The molecule has 0 spiro atoms. The number of aromatic hydroxyl groups is 1. The number of rotatable bonds is 2. The number of hydrogen-bond donors (Lipinski definition) is 5. The van der Waals surface area contributed by atoms with E-state index in [9.17, 15) is 34.8 Å². The lowest BCUT2D eigenvalue weighted by Gasteiger charge is -2.50. The molecule has 2 unspecified atom stereocenters. The van der Waals surface area contributed by atoms with E-state index in [0.717, 1.165) is 6.92 Å². The molecule has 9 heteroatoms. The number of nitrogens with zero attached hydrogens (tertiary/aromatic N) is 1. The minimum absolute atomic E-state index is 0.00737. The molecule has 6 N–H and O–H groups in total. The van der Waals surface area contributed by atoms with Crippen LogP contribution in [0.1, 0.15) is 24.5 Å². The van der Waals surface area contributed by atoms with Crippen molar-refractivity contribution in [1.82, 2.24) is 4.90 Å². The third-order valence-corrected chi connectivity index (χ3v) is 6.75. The van der Waals surface area contributed by atoms with Gasteiger partial charge in [0, 0.05) is 17.2 Å². The van der Waals surface area contributed by atoms with Crippen molar-refractivity contribution in [1.29, 1.82) is 0 Å². The standard InChI is InChI=1S/C22H24N2O7/c1-8(25)14-19(28)17(24(2)3)11-7-9-6-10-12(23)4-5-13(26)16(10)18(27)15(9)21(30)22(11,31)20(14)29/h4-5,9,11,17,26-27,29,31H,6-7,23H2,1-3H3/t9?,11?,17-,22+/m0/s1. The number of carbonyl (C=O) groups is 3. The minimum Gasteiger partial charge on any atom is -0.508 e. The number of hydrogen-bond acceptors (Lipinski definition) is 9. The number of fused-ring (bicyclic) bond motifs is 3. The van der Waals surface area contributed by atoms with Crippen LogP contribution in [0.25, 0.3) is 5.76 Å². The summed E-state index contributed by atoms with van der Waals surface area (Å²) < 4.78 is 0. The number of phenolic OH excluding ortho intramolecular Hbond substituents is 1. The summed E-state index contributed by atoms with van der Waals surface area (Å²) in [7, 11) is 3.17. The molecule has 1 aromatic carbocycles. The van der Waals surface area contributed by atoms with Crippen molar-refractivity contribution in [2.75, 3.05) is 19.8 Å². The van der Waals surface area contributed by atoms with E-state index in [1.54, 1.807) is 14.1 Å². The first kappa shape index (κ1) is 21.1. The van der Waals surface area contributed by atoms with Gasteiger partial charge in [0.15, 0.2) is 17.2 Å². The molecular weight excluding hydrogens is 404 g/mol. The number of aliphatic hydroxyl groups is 3. The molecule has 31 heavy (non-hydrogen) atoms. The van der Waals surface area contributed by atoms with Crippen LogP contribution in [0.5, 0.6) is 5.75 Å². The van der Waals surface area contributed by atoms with Crippen LogP contribution >= 0.6 is 0 Å². The Morgan fingerprint density at radius 1 is 1.19 bits per heavy atom. The van der Waals surface area contributed by atoms with Crippen molar-refractivity contribution in [3.8, 4) is 5.75 Å². The third-order valence-electron chi connectivity index (χ3n) is 6.75. The SMILES string of the molecule is CC(=O)C1=C(O)[C@@]2(O)C(=O)C3=C(O)c4c(O)ccc(N)c4CC3CC2[C@H](N(C)C)C1=O. The number of nitrogens with two attached hydrogens (primary N) is 1. The monoisotopic (exact) mass is 428 g/mol. The predicted octanol–water partition coefficient (Wildman–Crippen LogP) is 0.650. The topological polar surface area (TPSA) is 161 Å². The normalized spacial score (nSPS) is 30.3. The van der Waals surface area contributed by atoms with Crippen LogP contribution in [-0.4, -0.2) is 68.4 Å². The predicted molar refractivity (Wildman–Crippen MR) is 110 cm³/mol. The van der Waals surface area contributed by atoms with Gasteiger partial charge in [-0.25, -0.2) is 0 Å². The van der Waals surface area contributed by atoms with E-state index in [-0.39, 0.29) is 29.7 Å². The molecule has 164 valence electrons. The summed E-state index contributed by atoms with van der Waals surface area (Å²) in [5.74, 6) is -5.86. The molecule has 9 nitrogen and oxygen atoms in total. The van der Waals surface area contributed by atoms with E-state index in [1.165, 1.54) is 17.0 Å². The van der Waals surface area contributed by atoms with Gasteiger partial charge in [-0.3, -0.25) is 19.3 Å². The Bertz CT molecular complexity index is 1120. The number of ketones is 3. The van der Waals surface area contributed by atoms with Gasteiger partial charge in [0.05, 0.1) is 11.6 Å². The number of anilines is 1. The van der Waals surface area contributed by atoms with Crippen molar-refractivity contribution in [2.45, 2.75) is 31.4 Å². The zero-order valence-corrected chi connectivity index (χ0v) is 17.3. The highest BCUT2D eigenvalue weighted by molar-refractivity contribution is 6.25. The molecule has 1 aromatic rings. The highest BCUT2D eigenvalue weighted by Gasteiger charge is 2.63. The minimum atomic E-state index is -2.56. The van der Waals surface area contributed by atoms with E-state index in [1.807, 2.05) is 0 Å². The van der Waals surface area contributed by atoms with Gasteiger partial charge in [-0.2, -0.15) is 0 Å². The highest BCUT2D eigenvalue weighted by atomic mass is 16.3. The zero-order chi connectivity index (χ0) is 23.0. The van der Waals surface area contributed by atoms with Crippen LogP contribution in [-0.2, 0) is 20.8 Å². The molecular formula is C22H24N2O7. The molecule has 3 aliphatic carbocycles. The van der Waals surface area contributed by atoms with Gasteiger partial charge in [0.1, 0.15) is 22.8 Å². The van der Waals surface area contributed by atoms with Crippen LogP contribution in [0.2, 0.25) is 0 Å². The Labute approximate surface area is 178 Å². The van der Waals surface area contributed by atoms with E-state index < -0.39 is 57.9 Å². The number of benzene rings is 1. The Morgan fingerprint density at radius 2 is 1.84 bits per heavy atom. The maximum Gasteiger partial charge on any atom is 0.202 e. The van der Waals surface area contributed by atoms with E-state index in [4.69, 9.17) is 5.73 Å². The molecule has 0 aromatic heterocycles. The van der Waals surface area contributed by atoms with Crippen molar-refractivity contribution >= 4 is 28.8 Å². The summed E-state index contributed by atoms with van der Waals surface area (Å²) in [6, 6.07) is 1.76. The summed E-state index contributed by atoms with van der Waals surface area (Å²) in [6.45, 7) is 1.07. The van der Waals surface area contributed by atoms with Gasteiger partial charge in [-0.15, -0.1) is 0 Å². The molecule has 0 aliphatic heterocycles. The number of likely N-dealkylation sites (N-methyl/N-ethyl adjacent to an activating group) is 1. The molecule has 4 atom stereocenters. The lowest BCUT2D eigenvalue weighted by Crippen LogP contribution is -2.65. The average Bonchev–Trinajstić information content (AvgIpc) is 2.67. The number of aliphatic hydroxyl groups excluding tert-OH is 2. The van der Waals surface area contributed by atoms with Crippen molar-refractivity contribution in [2.24, 2.45) is 11.8 Å². The average molecular weight is 428 g/mol. The number of carbonyl (C=O) groups excluding carboxylic acids is 3. The lowest BCUT2D eigenvalue weighted by molar-refractivity contribution is -0.153. The molecule has 0 bridgehead atoms. The molecule has 0 amide bonds. The number of Topliss-reactive ketones (excluding diaryl/α,β-unsaturated/α-hetero) is 3. The summed E-state index contributed by atoms with van der Waals surface area (Å²) >= 11 is 0. The first-order valence-electron chi connectivity index (χ1n) is 9.89. The lowest BCUT2D eigenvalue weighted by atomic mass is 9.57. The molecule has 0 heterocycles. The Balaban J connectivity index is 1.99. The van der Waals surface area contributed by atoms with Gasteiger partial charge in [0.2, 0.25) is 5.78 Å². The van der Waals surface area contributed by atoms with E-state index in [2.05, 4.69) is 0 Å². The second-order valence-electron chi connectivity index (χ2n) is 8.68. The van der Waals surface area contributed by atoms with Crippen molar-refractivity contribution in [3.63, 3.8) is 0 Å². The Hall–Kier alpha value is -3.17. The van der Waals surface area contributed by atoms with Gasteiger partial charge in [-0.05, 0) is 57.5 Å². The second-order valence-corrected chi connectivity index (χ2v) is 8.68. The van der Waals surface area contributed by atoms with Crippen LogP contribution in [0, 0.1) is 11.8 Å². The maximum atomic E-state index is 13.6. The van der Waals surface area contributed by atoms with Gasteiger partial charge >= 0.3 is 0 Å². The molecule has 1 saturated carbocycles. The highest BCUT2D eigenvalue weighted by Crippen LogP contribution is 2.53. The first-order valence-corrected chi connectivity index (χ1v) is 9.89. The van der Waals surface area contributed by atoms with Gasteiger partial charge < -0.3 is 26.2 Å². The summed E-state index contributed by atoms with van der Waals surface area (Å²) in [5, 5.41) is 43.4. The Morgan fingerprint density at radius 3 is 2.42 bits per heavy atom. The smallest absolute Gasteiger partial charge is 0.202 e. The summed E-state index contributed by atoms with van der Waals surface area (Å²) in [4.78, 5) is 40.2. The Kier molecular flexibility index (Phi) is 4.53. The fraction of sp³-hybridized carbons (Fsp3) is 0.409. The van der Waals surface area contributed by atoms with Crippen LogP contribution in [0.4, 0.5) is 5.69 Å². The van der Waals surface area contributed by atoms with Crippen LogP contribution < -0.4 is 5.73 Å². The fourth-order valence-electron chi connectivity index (χ4n) is 5.37. The first-order chi connectivity index (χ1) is 14.4. The number of phenols is 1. The quantitative estimate of drug-likeness (QED) is 0.259. The fourth-order valence-corrected chi connectivity index (χ4v) is 5.37. The summed E-state index contributed by atoms with van der Waals surface area (Å²) in [6.07, 6.45) is 0.270.